The van der Waals surface area contributed by atoms with Crippen LogP contribution in [0.15, 0.2) is 0 Å². The second-order valence-corrected chi connectivity index (χ2v) is 1.77. The third kappa shape index (κ3) is 2.91. The summed E-state index contributed by atoms with van der Waals surface area (Å²) in [6.07, 6.45) is 0. The normalized spacial score (nSPS) is 8.90. The van der Waals surface area contributed by atoms with Gasteiger partial charge in [0.1, 0.15) is 0 Å². The topological polar surface area (TPSA) is 93.2 Å². The molecule has 0 aliphatic carbocycles. The van der Waals surface area contributed by atoms with Gasteiger partial charge in [0, 0.05) is 6.54 Å². The molecule has 10 heavy (non-hydrogen) atoms. The lowest BCUT2D eigenvalue weighted by Crippen LogP contribution is -2.44. The van der Waals surface area contributed by atoms with Gasteiger partial charge in [0.2, 0.25) is 0 Å². The van der Waals surface area contributed by atoms with Gasteiger partial charge in [-0.3, -0.25) is 5.41 Å². The third-order valence-corrected chi connectivity index (χ3v) is 1.04. The monoisotopic (exact) mass is 144 g/mol. The van der Waals surface area contributed by atoms with E-state index >= 15 is 0 Å². The number of likely N-dealkylation sites (N-methyl/N-ethyl adjacent to an activating group) is 1. The van der Waals surface area contributed by atoms with E-state index in [2.05, 4.69) is 0 Å². The molecule has 0 bridgehead atoms. The van der Waals surface area contributed by atoms with Gasteiger partial charge in [-0.1, -0.05) is 0 Å². The van der Waals surface area contributed by atoms with E-state index in [-0.39, 0.29) is 12.5 Å². The summed E-state index contributed by atoms with van der Waals surface area (Å²) < 4.78 is 0. The van der Waals surface area contributed by atoms with Gasteiger partial charge < -0.3 is 20.5 Å². The van der Waals surface area contributed by atoms with Crippen molar-refractivity contribution in [3.63, 3.8) is 0 Å². The minimum atomic E-state index is -1.22. The highest BCUT2D eigenvalue weighted by atomic mass is 16.4. The quantitative estimate of drug-likeness (QED) is 0.352. The van der Waals surface area contributed by atoms with E-state index in [0.717, 1.165) is 0 Å². The van der Waals surface area contributed by atoms with E-state index < -0.39 is 5.97 Å². The van der Waals surface area contributed by atoms with Gasteiger partial charge in [0.25, 0.3) is 0 Å². The number of hydrogen-bond donors (Lipinski definition) is 2. The summed E-state index contributed by atoms with van der Waals surface area (Å²) in [6.45, 7) is 1.81. The van der Waals surface area contributed by atoms with Crippen LogP contribution in [0.25, 0.3) is 0 Å². The summed E-state index contributed by atoms with van der Waals surface area (Å²) >= 11 is 0. The van der Waals surface area contributed by atoms with Crippen molar-refractivity contribution in [1.82, 2.24) is 4.90 Å². The molecule has 0 aliphatic heterocycles. The van der Waals surface area contributed by atoms with Crippen LogP contribution in [0.3, 0.4) is 0 Å². The molecule has 58 valence electrons. The number of guanidine groups is 1. The van der Waals surface area contributed by atoms with Gasteiger partial charge in [0.05, 0.1) is 12.5 Å². The van der Waals surface area contributed by atoms with Crippen molar-refractivity contribution in [2.45, 2.75) is 6.92 Å². The first-order valence-corrected chi connectivity index (χ1v) is 2.86. The van der Waals surface area contributed by atoms with Crippen LogP contribution in [-0.4, -0.2) is 29.9 Å². The SMILES string of the molecule is CCN(CC(=O)[O-])C(=N)N. The number of aliphatic carboxylic acids is 1. The van der Waals surface area contributed by atoms with Crippen molar-refractivity contribution in [1.29, 1.82) is 5.41 Å². The zero-order valence-electron chi connectivity index (χ0n) is 5.76. The molecule has 0 spiro atoms. The minimum Gasteiger partial charge on any atom is -0.548 e. The van der Waals surface area contributed by atoms with Crippen LogP contribution < -0.4 is 10.8 Å². The van der Waals surface area contributed by atoms with Gasteiger partial charge in [-0.25, -0.2) is 0 Å². The molecule has 0 radical (unpaired) electrons. The lowest BCUT2D eigenvalue weighted by atomic mass is 10.5. The highest BCUT2D eigenvalue weighted by Crippen LogP contribution is 1.82. The summed E-state index contributed by atoms with van der Waals surface area (Å²) in [7, 11) is 0. The van der Waals surface area contributed by atoms with Gasteiger partial charge in [-0.05, 0) is 6.92 Å². The summed E-state index contributed by atoms with van der Waals surface area (Å²) in [6, 6.07) is 0. The maximum absolute atomic E-state index is 9.97. The maximum atomic E-state index is 9.97. The van der Waals surface area contributed by atoms with Crippen LogP contribution in [0.5, 0.6) is 0 Å². The highest BCUT2D eigenvalue weighted by molar-refractivity contribution is 5.79. The average molecular weight is 144 g/mol. The number of hydrogen-bond acceptors (Lipinski definition) is 3. The highest BCUT2D eigenvalue weighted by Gasteiger charge is 2.01. The molecule has 0 heterocycles. The summed E-state index contributed by atoms with van der Waals surface area (Å²) in [5.41, 5.74) is 5.01. The molecule has 0 aromatic rings. The van der Waals surface area contributed by atoms with E-state index in [1.807, 2.05) is 0 Å². The minimum absolute atomic E-state index is 0.244. The van der Waals surface area contributed by atoms with Crippen molar-refractivity contribution in [3.8, 4) is 0 Å². The lowest BCUT2D eigenvalue weighted by Gasteiger charge is -2.20. The van der Waals surface area contributed by atoms with Crippen LogP contribution in [0, 0.1) is 5.41 Å². The molecule has 5 heteroatoms. The van der Waals surface area contributed by atoms with E-state index in [1.165, 1.54) is 4.90 Å². The number of carboxylic acid groups (broad SMARTS) is 1. The third-order valence-electron chi connectivity index (χ3n) is 1.04. The fourth-order valence-corrected chi connectivity index (χ4v) is 0.523. The van der Waals surface area contributed by atoms with Crippen molar-refractivity contribution < 1.29 is 9.90 Å². The number of nitrogens with zero attached hydrogens (tertiary/aromatic N) is 1. The molecule has 0 aromatic heterocycles. The van der Waals surface area contributed by atoms with Crippen LogP contribution in [0.1, 0.15) is 6.92 Å². The zero-order valence-corrected chi connectivity index (χ0v) is 5.76. The molecular weight excluding hydrogens is 134 g/mol. The van der Waals surface area contributed by atoms with Gasteiger partial charge in [0.15, 0.2) is 5.96 Å². The van der Waals surface area contributed by atoms with E-state index in [0.29, 0.717) is 6.54 Å². The Kier molecular flexibility index (Phi) is 3.24. The fraction of sp³-hybridized carbons (Fsp3) is 0.600. The van der Waals surface area contributed by atoms with E-state index in [4.69, 9.17) is 11.1 Å². The molecule has 3 N–H and O–H groups in total. The van der Waals surface area contributed by atoms with E-state index in [9.17, 15) is 9.90 Å². The molecule has 0 atom stereocenters. The Morgan fingerprint density at radius 1 is 1.80 bits per heavy atom. The Hall–Kier alpha value is -1.26. The average Bonchev–Trinajstić information content (AvgIpc) is 1.81. The smallest absolute Gasteiger partial charge is 0.188 e. The maximum Gasteiger partial charge on any atom is 0.188 e. The van der Waals surface area contributed by atoms with Crippen molar-refractivity contribution in [2.24, 2.45) is 5.73 Å². The number of nitrogens with one attached hydrogen (secondary N) is 1. The first-order valence-electron chi connectivity index (χ1n) is 2.86. The molecule has 0 fully saturated rings. The molecule has 0 unspecified atom stereocenters. The Morgan fingerprint density at radius 2 is 2.30 bits per heavy atom. The molecular formula is C5H10N3O2-. The van der Waals surface area contributed by atoms with Gasteiger partial charge in [-0.2, -0.15) is 0 Å². The lowest BCUT2D eigenvalue weighted by molar-refractivity contribution is -0.305. The number of carboxylic acids is 1. The molecule has 0 aromatic carbocycles. The molecule has 0 amide bonds. The van der Waals surface area contributed by atoms with Crippen LogP contribution in [0.2, 0.25) is 0 Å². The zero-order chi connectivity index (χ0) is 8.15. The van der Waals surface area contributed by atoms with Gasteiger partial charge >= 0.3 is 0 Å². The second kappa shape index (κ2) is 3.71. The van der Waals surface area contributed by atoms with Crippen LogP contribution >= 0.6 is 0 Å². The van der Waals surface area contributed by atoms with Crippen LogP contribution in [-0.2, 0) is 4.79 Å². The Bertz CT molecular complexity index is 146. The summed E-state index contributed by atoms with van der Waals surface area (Å²) in [5.74, 6) is -1.47. The Balaban J connectivity index is 3.83. The van der Waals surface area contributed by atoms with Gasteiger partial charge in [-0.15, -0.1) is 0 Å². The first-order chi connectivity index (χ1) is 4.57. The standard InChI is InChI=1S/C5H11N3O2/c1-2-8(5(6)7)3-4(9)10/h2-3H2,1H3,(H3,6,7)(H,9,10)/p-1. The van der Waals surface area contributed by atoms with E-state index in [1.54, 1.807) is 6.92 Å². The summed E-state index contributed by atoms with van der Waals surface area (Å²) in [4.78, 5) is 11.2. The summed E-state index contributed by atoms with van der Waals surface area (Å²) in [5, 5.41) is 16.8. The van der Waals surface area contributed by atoms with Crippen molar-refractivity contribution in [3.05, 3.63) is 0 Å². The molecule has 0 aliphatic rings. The number of carbonyl (C=O) groups excluding carboxylic acids is 1. The van der Waals surface area contributed by atoms with Crippen molar-refractivity contribution in [2.75, 3.05) is 13.1 Å². The molecule has 0 rings (SSSR count). The largest absolute Gasteiger partial charge is 0.548 e. The predicted molar refractivity (Wildman–Crippen MR) is 34.2 cm³/mol. The number of rotatable bonds is 3. The van der Waals surface area contributed by atoms with Crippen LogP contribution in [0.4, 0.5) is 0 Å². The molecule has 5 nitrogen and oxygen atoms in total. The number of nitrogens with two attached hydrogens (primary N) is 1. The Morgan fingerprint density at radius 3 is 2.40 bits per heavy atom. The fourth-order valence-electron chi connectivity index (χ4n) is 0.523. The predicted octanol–water partition coefficient (Wildman–Crippen LogP) is -2.05. The first kappa shape index (κ1) is 8.74. The number of carbonyl (C=O) groups is 1. The second-order valence-electron chi connectivity index (χ2n) is 1.77. The molecule has 0 saturated carbocycles. The van der Waals surface area contributed by atoms with Crippen molar-refractivity contribution >= 4 is 11.9 Å². The Labute approximate surface area is 58.9 Å². The molecule has 0 saturated heterocycles.